The van der Waals surface area contributed by atoms with Gasteiger partial charge in [0.05, 0.1) is 17.1 Å². The lowest BCUT2D eigenvalue weighted by molar-refractivity contribution is 0.0427. The van der Waals surface area contributed by atoms with Gasteiger partial charge in [-0.1, -0.05) is 0 Å². The fourth-order valence-electron chi connectivity index (χ4n) is 1.69. The van der Waals surface area contributed by atoms with Gasteiger partial charge in [-0.25, -0.2) is 19.4 Å². The number of carbonyl (C=O) groups excluding carboxylic acids is 3. The van der Waals surface area contributed by atoms with Crippen molar-refractivity contribution < 1.29 is 28.6 Å². The molecule has 9 heteroatoms. The van der Waals surface area contributed by atoms with Crippen LogP contribution in [0.25, 0.3) is 0 Å². The molecule has 0 bridgehead atoms. The predicted molar refractivity (Wildman–Crippen MR) is 98.2 cm³/mol. The fourth-order valence-corrected chi connectivity index (χ4v) is 2.07. The highest BCUT2D eigenvalue weighted by Gasteiger charge is 2.34. The van der Waals surface area contributed by atoms with E-state index in [0.29, 0.717) is 9.37 Å². The Morgan fingerprint density at radius 2 is 1.46 bits per heavy atom. The molecule has 0 saturated heterocycles. The van der Waals surface area contributed by atoms with Gasteiger partial charge >= 0.3 is 18.2 Å². The van der Waals surface area contributed by atoms with Gasteiger partial charge in [-0.2, -0.15) is 4.90 Å². The third kappa shape index (κ3) is 6.29. The highest BCUT2D eigenvalue weighted by Crippen LogP contribution is 2.25. The van der Waals surface area contributed by atoms with Gasteiger partial charge in [0.25, 0.3) is 0 Å². The van der Waals surface area contributed by atoms with Crippen LogP contribution in [0.5, 0.6) is 0 Å². The summed E-state index contributed by atoms with van der Waals surface area (Å²) in [5.74, 6) is -0.786. The number of imide groups is 1. The molecule has 0 aliphatic heterocycles. The van der Waals surface area contributed by atoms with Crippen LogP contribution in [0.15, 0.2) is 16.7 Å². The molecule has 0 N–H and O–H groups in total. The number of rotatable bonds is 2. The molecule has 0 aromatic carbocycles. The van der Waals surface area contributed by atoms with E-state index in [-0.39, 0.29) is 11.4 Å². The zero-order valence-corrected chi connectivity index (χ0v) is 17.5. The van der Waals surface area contributed by atoms with Gasteiger partial charge in [-0.05, 0) is 63.5 Å². The van der Waals surface area contributed by atoms with Gasteiger partial charge in [0, 0.05) is 6.20 Å². The van der Waals surface area contributed by atoms with E-state index in [0.717, 1.165) is 0 Å². The Hall–Kier alpha value is -2.16. The molecular weight excluding hydrogens is 408 g/mol. The smallest absolute Gasteiger partial charge is 0.425 e. The van der Waals surface area contributed by atoms with Crippen molar-refractivity contribution in [1.82, 2.24) is 4.98 Å². The molecule has 1 rings (SSSR count). The standard InChI is InChI=1S/C17H23BrN2O6/c1-16(2,3)25-14(22)20(15(23)26-17(4,5)6)12-8-10(13(21)24-7)11(18)9-19-12/h8-9H,1-7H3. The Bertz CT molecular complexity index is 678. The summed E-state index contributed by atoms with van der Waals surface area (Å²) in [5.41, 5.74) is -1.61. The van der Waals surface area contributed by atoms with E-state index in [9.17, 15) is 14.4 Å². The second-order valence-corrected chi connectivity index (χ2v) is 8.16. The lowest BCUT2D eigenvalue weighted by Crippen LogP contribution is -2.44. The number of esters is 1. The summed E-state index contributed by atoms with van der Waals surface area (Å²) in [4.78, 5) is 41.7. The summed E-state index contributed by atoms with van der Waals surface area (Å²) < 4.78 is 15.6. The van der Waals surface area contributed by atoms with E-state index >= 15 is 0 Å². The van der Waals surface area contributed by atoms with Gasteiger partial charge in [0.15, 0.2) is 0 Å². The number of hydrogen-bond acceptors (Lipinski definition) is 7. The SMILES string of the molecule is COC(=O)c1cc(N(C(=O)OC(C)(C)C)C(=O)OC(C)(C)C)ncc1Br. The number of ether oxygens (including phenoxy) is 3. The highest BCUT2D eigenvalue weighted by molar-refractivity contribution is 9.10. The van der Waals surface area contributed by atoms with Crippen LogP contribution in [0.1, 0.15) is 51.9 Å². The number of aromatic nitrogens is 1. The molecule has 0 aliphatic rings. The summed E-state index contributed by atoms with van der Waals surface area (Å²) in [6, 6.07) is 1.24. The normalized spacial score (nSPS) is 11.5. The van der Waals surface area contributed by atoms with Crippen LogP contribution in [0.3, 0.4) is 0 Å². The maximum atomic E-state index is 12.6. The molecule has 0 atom stereocenters. The van der Waals surface area contributed by atoms with Crippen molar-refractivity contribution in [2.45, 2.75) is 52.7 Å². The molecule has 1 aromatic heterocycles. The maximum absolute atomic E-state index is 12.6. The second-order valence-electron chi connectivity index (χ2n) is 7.31. The Morgan fingerprint density at radius 1 is 1.00 bits per heavy atom. The van der Waals surface area contributed by atoms with E-state index in [2.05, 4.69) is 25.7 Å². The molecule has 2 amide bonds. The largest absolute Gasteiger partial charge is 0.465 e. The van der Waals surface area contributed by atoms with E-state index in [1.165, 1.54) is 19.4 Å². The Balaban J connectivity index is 3.38. The predicted octanol–water partition coefficient (Wildman–Crippen LogP) is 4.31. The van der Waals surface area contributed by atoms with Crippen LogP contribution in [0.2, 0.25) is 0 Å². The molecule has 0 radical (unpaired) electrons. The van der Waals surface area contributed by atoms with Crippen molar-refractivity contribution in [3.63, 3.8) is 0 Å². The molecule has 26 heavy (non-hydrogen) atoms. The van der Waals surface area contributed by atoms with Gasteiger partial charge in [0.1, 0.15) is 17.0 Å². The molecule has 1 aromatic rings. The second kappa shape index (κ2) is 8.03. The minimum absolute atomic E-state index is 0.0922. The number of hydrogen-bond donors (Lipinski definition) is 0. The van der Waals surface area contributed by atoms with E-state index in [1.54, 1.807) is 41.5 Å². The van der Waals surface area contributed by atoms with E-state index in [4.69, 9.17) is 9.47 Å². The first kappa shape index (κ1) is 21.9. The number of pyridine rings is 1. The lowest BCUT2D eigenvalue weighted by atomic mass is 10.2. The molecular formula is C17H23BrN2O6. The zero-order chi connectivity index (χ0) is 20.3. The van der Waals surface area contributed by atoms with Crippen LogP contribution in [-0.2, 0) is 14.2 Å². The number of carbonyl (C=O) groups is 3. The Labute approximate surface area is 160 Å². The zero-order valence-electron chi connectivity index (χ0n) is 15.9. The minimum atomic E-state index is -0.975. The van der Waals surface area contributed by atoms with Crippen LogP contribution < -0.4 is 4.90 Å². The first-order chi connectivity index (χ1) is 11.7. The van der Waals surface area contributed by atoms with Crippen molar-refractivity contribution in [3.8, 4) is 0 Å². The number of halogens is 1. The summed E-state index contributed by atoms with van der Waals surface area (Å²) in [7, 11) is 1.22. The van der Waals surface area contributed by atoms with Gasteiger partial charge in [-0.15, -0.1) is 0 Å². The number of methoxy groups -OCH3 is 1. The number of amides is 2. The average Bonchev–Trinajstić information content (AvgIpc) is 2.44. The summed E-state index contributed by atoms with van der Waals surface area (Å²) in [6.45, 7) is 9.96. The molecule has 0 aliphatic carbocycles. The van der Waals surface area contributed by atoms with Gasteiger partial charge < -0.3 is 14.2 Å². The van der Waals surface area contributed by atoms with Gasteiger partial charge in [-0.3, -0.25) is 0 Å². The third-order valence-electron chi connectivity index (χ3n) is 2.63. The van der Waals surface area contributed by atoms with Crippen LogP contribution in [0, 0.1) is 0 Å². The first-order valence-electron chi connectivity index (χ1n) is 7.75. The van der Waals surface area contributed by atoms with Crippen LogP contribution in [-0.4, -0.2) is 41.5 Å². The van der Waals surface area contributed by atoms with Crippen molar-refractivity contribution >= 4 is 39.9 Å². The van der Waals surface area contributed by atoms with Crippen molar-refractivity contribution in [2.75, 3.05) is 12.0 Å². The topological polar surface area (TPSA) is 95.0 Å². The third-order valence-corrected chi connectivity index (χ3v) is 3.26. The number of anilines is 1. The minimum Gasteiger partial charge on any atom is -0.465 e. The van der Waals surface area contributed by atoms with Crippen molar-refractivity contribution in [1.29, 1.82) is 0 Å². The molecule has 1 heterocycles. The van der Waals surface area contributed by atoms with Crippen molar-refractivity contribution in [2.24, 2.45) is 0 Å². The molecule has 0 saturated carbocycles. The average molecular weight is 431 g/mol. The monoisotopic (exact) mass is 430 g/mol. The van der Waals surface area contributed by atoms with Crippen LogP contribution in [0.4, 0.5) is 15.4 Å². The number of nitrogens with zero attached hydrogens (tertiary/aromatic N) is 2. The first-order valence-corrected chi connectivity index (χ1v) is 8.54. The molecule has 8 nitrogen and oxygen atoms in total. The Kier molecular flexibility index (Phi) is 6.76. The molecule has 0 unspecified atom stereocenters. The van der Waals surface area contributed by atoms with E-state index in [1.807, 2.05) is 0 Å². The molecule has 0 spiro atoms. The summed E-state index contributed by atoms with van der Waals surface area (Å²) >= 11 is 3.18. The fraction of sp³-hybridized carbons (Fsp3) is 0.529. The lowest BCUT2D eigenvalue weighted by Gasteiger charge is -2.28. The molecule has 144 valence electrons. The summed E-state index contributed by atoms with van der Waals surface area (Å²) in [5, 5.41) is 0. The quantitative estimate of drug-likeness (QED) is 0.509. The summed E-state index contributed by atoms with van der Waals surface area (Å²) in [6.07, 6.45) is -0.668. The van der Waals surface area contributed by atoms with E-state index < -0.39 is 29.4 Å². The van der Waals surface area contributed by atoms with Crippen LogP contribution >= 0.6 is 15.9 Å². The van der Waals surface area contributed by atoms with Gasteiger partial charge in [0.2, 0.25) is 0 Å². The Morgan fingerprint density at radius 3 is 1.85 bits per heavy atom. The molecule has 0 fully saturated rings. The highest BCUT2D eigenvalue weighted by atomic mass is 79.9. The van der Waals surface area contributed by atoms with Crippen molar-refractivity contribution in [3.05, 3.63) is 22.3 Å². The maximum Gasteiger partial charge on any atom is 0.425 e.